The minimum absolute atomic E-state index is 1.01. The van der Waals surface area contributed by atoms with Crippen molar-refractivity contribution in [3.05, 3.63) is 72.3 Å². The molecular formula is C20H14N2. The maximum absolute atomic E-state index is 4.89. The van der Waals surface area contributed by atoms with E-state index in [1.807, 2.05) is 0 Å². The molecule has 0 saturated heterocycles. The fourth-order valence-corrected chi connectivity index (χ4v) is 3.38. The maximum Gasteiger partial charge on any atom is 0.138 e. The number of imidazole rings is 1. The Labute approximate surface area is 128 Å². The van der Waals surface area contributed by atoms with Gasteiger partial charge in [-0.3, -0.25) is 4.40 Å². The van der Waals surface area contributed by atoms with E-state index in [2.05, 4.69) is 78.1 Å². The zero-order valence-electron chi connectivity index (χ0n) is 12.2. The molecule has 0 N–H and O–H groups in total. The summed E-state index contributed by atoms with van der Waals surface area (Å²) < 4.78 is 2.28. The van der Waals surface area contributed by atoms with Crippen molar-refractivity contribution in [1.29, 1.82) is 0 Å². The molecule has 0 aliphatic carbocycles. The third-order valence-corrected chi connectivity index (χ3v) is 4.43. The third-order valence-electron chi connectivity index (χ3n) is 4.43. The van der Waals surface area contributed by atoms with E-state index in [4.69, 9.17) is 4.98 Å². The van der Waals surface area contributed by atoms with Crippen LogP contribution in [0.3, 0.4) is 0 Å². The summed E-state index contributed by atoms with van der Waals surface area (Å²) in [4.78, 5) is 4.89. The number of pyridine rings is 1. The van der Waals surface area contributed by atoms with Crippen molar-refractivity contribution < 1.29 is 0 Å². The number of aromatic nitrogens is 2. The van der Waals surface area contributed by atoms with Crippen LogP contribution >= 0.6 is 0 Å². The summed E-state index contributed by atoms with van der Waals surface area (Å²) in [5, 5.41) is 2.56. The molecule has 3 heterocycles. The minimum Gasteiger partial charge on any atom is -0.292 e. The molecule has 0 fully saturated rings. The standard InChI is InChI=1S/C20H14N2/c1-13-9-11-14(12-10-13)19-20-16-6-3-2-5-15(16)17-7-4-8-18(21-19)22(17)20/h2-12H,1H3. The number of fused-ring (bicyclic) bond motifs is 3. The number of rotatable bonds is 1. The number of benzene rings is 2. The highest BCUT2D eigenvalue weighted by atomic mass is 15.0. The molecule has 3 aromatic heterocycles. The molecule has 5 rings (SSSR count). The molecule has 0 saturated carbocycles. The summed E-state index contributed by atoms with van der Waals surface area (Å²) in [6.45, 7) is 2.11. The monoisotopic (exact) mass is 282 g/mol. The SMILES string of the molecule is Cc1ccc(-c2nc3cccc4c5ccccc5c2n34)cc1. The summed E-state index contributed by atoms with van der Waals surface area (Å²) >= 11 is 0. The Hall–Kier alpha value is -2.87. The van der Waals surface area contributed by atoms with Gasteiger partial charge in [0.1, 0.15) is 5.65 Å². The first-order chi connectivity index (χ1) is 10.8. The lowest BCUT2D eigenvalue weighted by Crippen LogP contribution is -1.80. The largest absolute Gasteiger partial charge is 0.292 e. The Balaban J connectivity index is 2.01. The smallest absolute Gasteiger partial charge is 0.138 e. The molecular weight excluding hydrogens is 268 g/mol. The van der Waals surface area contributed by atoms with Crippen LogP contribution in [0.15, 0.2) is 66.7 Å². The van der Waals surface area contributed by atoms with E-state index in [9.17, 15) is 0 Å². The van der Waals surface area contributed by atoms with Crippen molar-refractivity contribution in [2.75, 3.05) is 0 Å². The van der Waals surface area contributed by atoms with Crippen molar-refractivity contribution in [2.24, 2.45) is 0 Å². The summed E-state index contributed by atoms with van der Waals surface area (Å²) in [6.07, 6.45) is 0. The average Bonchev–Trinajstić information content (AvgIpc) is 3.10. The topological polar surface area (TPSA) is 17.3 Å². The third kappa shape index (κ3) is 1.41. The molecule has 0 bridgehead atoms. The van der Waals surface area contributed by atoms with Crippen LogP contribution in [0.25, 0.3) is 38.7 Å². The van der Waals surface area contributed by atoms with Crippen molar-refractivity contribution in [3.63, 3.8) is 0 Å². The normalized spacial score (nSPS) is 11.9. The number of hydrogen-bond donors (Lipinski definition) is 0. The highest BCUT2D eigenvalue weighted by Crippen LogP contribution is 2.36. The van der Waals surface area contributed by atoms with Crippen molar-refractivity contribution in [2.45, 2.75) is 6.92 Å². The molecule has 2 heteroatoms. The van der Waals surface area contributed by atoms with E-state index >= 15 is 0 Å². The first kappa shape index (κ1) is 11.8. The summed E-state index contributed by atoms with van der Waals surface area (Å²) in [5.41, 5.74) is 6.97. The molecule has 0 radical (unpaired) electrons. The van der Waals surface area contributed by atoms with Crippen LogP contribution in [0, 0.1) is 6.92 Å². The molecule has 104 valence electrons. The fraction of sp³-hybridized carbons (Fsp3) is 0.0500. The quantitative estimate of drug-likeness (QED) is 0.420. The summed E-state index contributed by atoms with van der Waals surface area (Å²) in [7, 11) is 0. The summed E-state index contributed by atoms with van der Waals surface area (Å²) in [5.74, 6) is 0. The van der Waals surface area contributed by atoms with E-state index in [0.29, 0.717) is 0 Å². The number of hydrogen-bond acceptors (Lipinski definition) is 1. The Morgan fingerprint density at radius 1 is 0.773 bits per heavy atom. The highest BCUT2D eigenvalue weighted by Gasteiger charge is 2.17. The lowest BCUT2D eigenvalue weighted by atomic mass is 10.1. The predicted octanol–water partition coefficient (Wildman–Crippen LogP) is 5.05. The Bertz CT molecular complexity index is 1120. The van der Waals surface area contributed by atoms with Crippen LogP contribution in [0.5, 0.6) is 0 Å². The van der Waals surface area contributed by atoms with Gasteiger partial charge in [-0.25, -0.2) is 4.98 Å². The number of aryl methyl sites for hydroxylation is 1. The van der Waals surface area contributed by atoms with E-state index in [0.717, 1.165) is 11.3 Å². The zero-order chi connectivity index (χ0) is 14.7. The van der Waals surface area contributed by atoms with Gasteiger partial charge in [0.05, 0.1) is 16.7 Å². The van der Waals surface area contributed by atoms with Gasteiger partial charge in [0.15, 0.2) is 0 Å². The van der Waals surface area contributed by atoms with Crippen LogP contribution in [0.1, 0.15) is 5.56 Å². The van der Waals surface area contributed by atoms with Crippen LogP contribution in [-0.4, -0.2) is 9.38 Å². The van der Waals surface area contributed by atoms with Gasteiger partial charge in [0.2, 0.25) is 0 Å². The molecule has 0 unspecified atom stereocenters. The van der Waals surface area contributed by atoms with E-state index < -0.39 is 0 Å². The highest BCUT2D eigenvalue weighted by molar-refractivity contribution is 6.13. The predicted molar refractivity (Wildman–Crippen MR) is 91.6 cm³/mol. The Kier molecular flexibility index (Phi) is 2.18. The molecule has 0 aliphatic heterocycles. The van der Waals surface area contributed by atoms with Gasteiger partial charge < -0.3 is 0 Å². The lowest BCUT2D eigenvalue weighted by Gasteiger charge is -1.99. The van der Waals surface area contributed by atoms with E-state index in [1.54, 1.807) is 0 Å². The Morgan fingerprint density at radius 3 is 2.36 bits per heavy atom. The van der Waals surface area contributed by atoms with Crippen molar-refractivity contribution >= 4 is 27.5 Å². The second-order valence-corrected chi connectivity index (χ2v) is 5.83. The minimum atomic E-state index is 1.01. The van der Waals surface area contributed by atoms with Gasteiger partial charge in [0.25, 0.3) is 0 Å². The van der Waals surface area contributed by atoms with Crippen LogP contribution < -0.4 is 0 Å². The van der Waals surface area contributed by atoms with Gasteiger partial charge in [0, 0.05) is 16.3 Å². The molecule has 5 aromatic rings. The van der Waals surface area contributed by atoms with Crippen LogP contribution in [-0.2, 0) is 0 Å². The van der Waals surface area contributed by atoms with Crippen LogP contribution in [0.2, 0.25) is 0 Å². The zero-order valence-corrected chi connectivity index (χ0v) is 12.2. The molecule has 0 atom stereocenters. The molecule has 0 spiro atoms. The first-order valence-corrected chi connectivity index (χ1v) is 7.51. The molecule has 22 heavy (non-hydrogen) atoms. The maximum atomic E-state index is 4.89. The lowest BCUT2D eigenvalue weighted by molar-refractivity contribution is 1.31. The van der Waals surface area contributed by atoms with Crippen molar-refractivity contribution in [3.8, 4) is 11.3 Å². The second-order valence-electron chi connectivity index (χ2n) is 5.83. The van der Waals surface area contributed by atoms with Crippen molar-refractivity contribution in [1.82, 2.24) is 9.38 Å². The van der Waals surface area contributed by atoms with Crippen LogP contribution in [0.4, 0.5) is 0 Å². The first-order valence-electron chi connectivity index (χ1n) is 7.51. The molecule has 2 aromatic carbocycles. The van der Waals surface area contributed by atoms with Gasteiger partial charge in [-0.05, 0) is 19.1 Å². The van der Waals surface area contributed by atoms with E-state index in [-0.39, 0.29) is 0 Å². The van der Waals surface area contributed by atoms with Gasteiger partial charge in [-0.15, -0.1) is 0 Å². The van der Waals surface area contributed by atoms with E-state index in [1.165, 1.54) is 32.9 Å². The molecule has 0 amide bonds. The summed E-state index contributed by atoms with van der Waals surface area (Å²) in [6, 6.07) is 23.5. The van der Waals surface area contributed by atoms with Gasteiger partial charge in [-0.1, -0.05) is 60.2 Å². The second kappa shape index (κ2) is 4.08. The van der Waals surface area contributed by atoms with Gasteiger partial charge >= 0.3 is 0 Å². The average molecular weight is 282 g/mol. The fourth-order valence-electron chi connectivity index (χ4n) is 3.38. The molecule has 2 nitrogen and oxygen atoms in total. The number of nitrogens with zero attached hydrogens (tertiary/aromatic N) is 2. The molecule has 0 aliphatic rings. The Morgan fingerprint density at radius 2 is 1.55 bits per heavy atom. The van der Waals surface area contributed by atoms with Gasteiger partial charge in [-0.2, -0.15) is 0 Å².